The van der Waals surface area contributed by atoms with Crippen LogP contribution in [0.15, 0.2) is 42.7 Å². The molecule has 0 saturated carbocycles. The molecule has 0 atom stereocenters. The van der Waals surface area contributed by atoms with Crippen LogP contribution in [0.3, 0.4) is 0 Å². The summed E-state index contributed by atoms with van der Waals surface area (Å²) in [6.07, 6.45) is 5.75. The minimum atomic E-state index is 0.110. The van der Waals surface area contributed by atoms with E-state index in [-0.39, 0.29) is 5.91 Å². The van der Waals surface area contributed by atoms with Crippen LogP contribution in [0.25, 0.3) is 0 Å². The number of carbonyl (C=O) groups excluding carboxylic acids is 1. The van der Waals surface area contributed by atoms with Crippen LogP contribution in [0.2, 0.25) is 0 Å². The summed E-state index contributed by atoms with van der Waals surface area (Å²) < 4.78 is 0. The Morgan fingerprint density at radius 2 is 2.05 bits per heavy atom. The van der Waals surface area contributed by atoms with Gasteiger partial charge in [-0.3, -0.25) is 9.78 Å². The van der Waals surface area contributed by atoms with Crippen molar-refractivity contribution in [3.8, 4) is 0 Å². The first-order valence-electron chi connectivity index (χ1n) is 7.37. The number of nitrogens with one attached hydrogen (secondary N) is 1. The average Bonchev–Trinajstić information content (AvgIpc) is 2.47. The Labute approximate surface area is 126 Å². The Morgan fingerprint density at radius 1 is 1.19 bits per heavy atom. The lowest BCUT2D eigenvalue weighted by Crippen LogP contribution is -2.25. The number of rotatable bonds is 6. The van der Waals surface area contributed by atoms with Gasteiger partial charge in [0.1, 0.15) is 0 Å². The van der Waals surface area contributed by atoms with E-state index in [1.54, 1.807) is 6.20 Å². The number of hydrogen-bond acceptors (Lipinski definition) is 2. The van der Waals surface area contributed by atoms with Crippen LogP contribution in [0.4, 0.5) is 0 Å². The number of nitrogens with zero attached hydrogens (tertiary/aromatic N) is 1. The van der Waals surface area contributed by atoms with Gasteiger partial charge in [-0.1, -0.05) is 29.8 Å². The zero-order chi connectivity index (χ0) is 15.1. The molecule has 2 aromatic rings. The maximum Gasteiger partial charge on any atom is 0.220 e. The summed E-state index contributed by atoms with van der Waals surface area (Å²) in [5.41, 5.74) is 4.92. The molecule has 0 unspecified atom stereocenters. The predicted molar refractivity (Wildman–Crippen MR) is 85.2 cm³/mol. The summed E-state index contributed by atoms with van der Waals surface area (Å²) in [4.78, 5) is 15.9. The highest BCUT2D eigenvalue weighted by atomic mass is 16.1. The fourth-order valence-electron chi connectivity index (χ4n) is 2.36. The lowest BCUT2D eigenvalue weighted by molar-refractivity contribution is -0.121. The molecule has 21 heavy (non-hydrogen) atoms. The summed E-state index contributed by atoms with van der Waals surface area (Å²) in [6.45, 7) is 4.85. The molecule has 1 aromatic carbocycles. The van der Waals surface area contributed by atoms with E-state index in [0.29, 0.717) is 13.0 Å². The fraction of sp³-hybridized carbons (Fsp3) is 0.333. The van der Waals surface area contributed by atoms with E-state index in [0.717, 1.165) is 18.4 Å². The van der Waals surface area contributed by atoms with Crippen LogP contribution in [0.5, 0.6) is 0 Å². The van der Waals surface area contributed by atoms with Crippen LogP contribution in [0, 0.1) is 13.8 Å². The number of pyridine rings is 1. The highest BCUT2D eigenvalue weighted by Gasteiger charge is 2.04. The second kappa shape index (κ2) is 7.58. The molecule has 3 heteroatoms. The molecule has 0 saturated heterocycles. The van der Waals surface area contributed by atoms with Crippen molar-refractivity contribution in [1.29, 1.82) is 0 Å². The summed E-state index contributed by atoms with van der Waals surface area (Å²) in [7, 11) is 0. The number of amides is 1. The van der Waals surface area contributed by atoms with Gasteiger partial charge in [-0.15, -0.1) is 0 Å². The smallest absolute Gasteiger partial charge is 0.220 e. The first-order valence-corrected chi connectivity index (χ1v) is 7.37. The number of aryl methyl sites for hydroxylation is 3. The van der Waals surface area contributed by atoms with Crippen LogP contribution < -0.4 is 5.32 Å². The zero-order valence-corrected chi connectivity index (χ0v) is 12.7. The van der Waals surface area contributed by atoms with E-state index in [1.165, 1.54) is 16.7 Å². The van der Waals surface area contributed by atoms with Gasteiger partial charge in [0.05, 0.1) is 0 Å². The summed E-state index contributed by atoms with van der Waals surface area (Å²) in [5.74, 6) is 0.110. The maximum absolute atomic E-state index is 11.9. The van der Waals surface area contributed by atoms with Gasteiger partial charge in [-0.25, -0.2) is 0 Å². The number of aromatic nitrogens is 1. The molecule has 0 radical (unpaired) electrons. The zero-order valence-electron chi connectivity index (χ0n) is 12.7. The van der Waals surface area contributed by atoms with Crippen molar-refractivity contribution >= 4 is 5.91 Å². The highest BCUT2D eigenvalue weighted by molar-refractivity contribution is 5.76. The van der Waals surface area contributed by atoms with Crippen LogP contribution in [-0.4, -0.2) is 17.4 Å². The van der Waals surface area contributed by atoms with Gasteiger partial charge in [0.25, 0.3) is 0 Å². The topological polar surface area (TPSA) is 42.0 Å². The molecule has 2 rings (SSSR count). The fourth-order valence-corrected chi connectivity index (χ4v) is 2.36. The second-order valence-corrected chi connectivity index (χ2v) is 5.39. The van der Waals surface area contributed by atoms with Crippen molar-refractivity contribution in [3.05, 3.63) is 65.0 Å². The Hall–Kier alpha value is -2.16. The summed E-state index contributed by atoms with van der Waals surface area (Å²) >= 11 is 0. The molecule has 1 N–H and O–H groups in total. The largest absolute Gasteiger partial charge is 0.356 e. The number of benzene rings is 1. The third kappa shape index (κ3) is 5.03. The normalized spacial score (nSPS) is 10.4. The first kappa shape index (κ1) is 15.2. The molecule has 1 heterocycles. The minimum absolute atomic E-state index is 0.110. The second-order valence-electron chi connectivity index (χ2n) is 5.39. The minimum Gasteiger partial charge on any atom is -0.356 e. The van der Waals surface area contributed by atoms with Crippen molar-refractivity contribution in [2.75, 3.05) is 6.54 Å². The number of hydrogen-bond donors (Lipinski definition) is 1. The SMILES string of the molecule is Cc1ccc(CCC(=O)NCCc2cccnc2)c(C)c1. The van der Waals surface area contributed by atoms with Gasteiger partial charge < -0.3 is 5.32 Å². The van der Waals surface area contributed by atoms with Crippen LogP contribution in [0.1, 0.15) is 28.7 Å². The van der Waals surface area contributed by atoms with Crippen LogP contribution in [-0.2, 0) is 17.6 Å². The number of carbonyl (C=O) groups is 1. The molecule has 0 aliphatic heterocycles. The molecule has 110 valence electrons. The van der Waals surface area contributed by atoms with Crippen molar-refractivity contribution in [2.45, 2.75) is 33.1 Å². The Balaban J connectivity index is 1.72. The van der Waals surface area contributed by atoms with Gasteiger partial charge in [0.15, 0.2) is 0 Å². The monoisotopic (exact) mass is 282 g/mol. The third-order valence-corrected chi connectivity index (χ3v) is 3.58. The van der Waals surface area contributed by atoms with Gasteiger partial charge in [-0.05, 0) is 49.4 Å². The van der Waals surface area contributed by atoms with Gasteiger partial charge in [0, 0.05) is 25.4 Å². The lowest BCUT2D eigenvalue weighted by Gasteiger charge is -2.08. The molecule has 1 aromatic heterocycles. The van der Waals surface area contributed by atoms with Gasteiger partial charge in [-0.2, -0.15) is 0 Å². The molecule has 0 spiro atoms. The molecule has 0 aliphatic carbocycles. The lowest BCUT2D eigenvalue weighted by atomic mass is 10.0. The standard InChI is InChI=1S/C18H22N2O/c1-14-5-6-17(15(2)12-14)7-8-18(21)20-11-9-16-4-3-10-19-13-16/h3-6,10,12-13H,7-9,11H2,1-2H3,(H,20,21). The Morgan fingerprint density at radius 3 is 2.76 bits per heavy atom. The Kier molecular flexibility index (Phi) is 5.50. The van der Waals surface area contributed by atoms with E-state index < -0.39 is 0 Å². The molecular weight excluding hydrogens is 260 g/mol. The molecule has 1 amide bonds. The van der Waals surface area contributed by atoms with Crippen molar-refractivity contribution in [1.82, 2.24) is 10.3 Å². The highest BCUT2D eigenvalue weighted by Crippen LogP contribution is 2.12. The molecule has 3 nitrogen and oxygen atoms in total. The maximum atomic E-state index is 11.9. The van der Waals surface area contributed by atoms with E-state index in [2.05, 4.69) is 42.3 Å². The summed E-state index contributed by atoms with van der Waals surface area (Å²) in [6, 6.07) is 10.3. The molecule has 0 bridgehead atoms. The average molecular weight is 282 g/mol. The van der Waals surface area contributed by atoms with E-state index >= 15 is 0 Å². The first-order chi connectivity index (χ1) is 10.1. The van der Waals surface area contributed by atoms with Gasteiger partial charge >= 0.3 is 0 Å². The molecular formula is C18H22N2O. The summed E-state index contributed by atoms with van der Waals surface area (Å²) in [5, 5.41) is 2.97. The van der Waals surface area contributed by atoms with Crippen LogP contribution >= 0.6 is 0 Å². The quantitative estimate of drug-likeness (QED) is 0.885. The molecule has 0 aliphatic rings. The van der Waals surface area contributed by atoms with Crippen molar-refractivity contribution in [2.24, 2.45) is 0 Å². The molecule has 0 fully saturated rings. The van der Waals surface area contributed by atoms with Gasteiger partial charge in [0.2, 0.25) is 5.91 Å². The van der Waals surface area contributed by atoms with E-state index in [1.807, 2.05) is 18.3 Å². The van der Waals surface area contributed by atoms with E-state index in [9.17, 15) is 4.79 Å². The predicted octanol–water partition coefficient (Wildman–Crippen LogP) is 2.99. The van der Waals surface area contributed by atoms with E-state index in [4.69, 9.17) is 0 Å². The third-order valence-electron chi connectivity index (χ3n) is 3.58. The van der Waals surface area contributed by atoms with Crippen molar-refractivity contribution in [3.63, 3.8) is 0 Å². The van der Waals surface area contributed by atoms with Crippen molar-refractivity contribution < 1.29 is 4.79 Å². The Bertz CT molecular complexity index is 593.